The van der Waals surface area contributed by atoms with E-state index in [0.29, 0.717) is 12.2 Å². The first kappa shape index (κ1) is 14.0. The van der Waals surface area contributed by atoms with Crippen molar-refractivity contribution in [2.75, 3.05) is 5.32 Å². The summed E-state index contributed by atoms with van der Waals surface area (Å²) in [6, 6.07) is 9.43. The minimum Gasteiger partial charge on any atom is -0.381 e. The van der Waals surface area contributed by atoms with Gasteiger partial charge in [0.05, 0.1) is 11.0 Å². The van der Waals surface area contributed by atoms with Gasteiger partial charge >= 0.3 is 0 Å². The SMILES string of the molecule is Cc1cccc(CNc2cc(F)cc([N+](=O)[O-])c2)c1C. The van der Waals surface area contributed by atoms with Crippen LogP contribution in [0.15, 0.2) is 36.4 Å². The molecule has 2 rings (SSSR count). The second-order valence-corrected chi connectivity index (χ2v) is 4.67. The first-order chi connectivity index (χ1) is 9.47. The highest BCUT2D eigenvalue weighted by Gasteiger charge is 2.10. The average molecular weight is 274 g/mol. The van der Waals surface area contributed by atoms with Gasteiger partial charge in [-0.15, -0.1) is 0 Å². The third-order valence-corrected chi connectivity index (χ3v) is 3.29. The van der Waals surface area contributed by atoms with Gasteiger partial charge in [0.2, 0.25) is 0 Å². The molecule has 5 heteroatoms. The topological polar surface area (TPSA) is 55.2 Å². The molecule has 0 aromatic heterocycles. The van der Waals surface area contributed by atoms with E-state index in [1.165, 1.54) is 17.7 Å². The summed E-state index contributed by atoms with van der Waals surface area (Å²) in [5.41, 5.74) is 3.56. The molecule has 0 heterocycles. The molecule has 1 N–H and O–H groups in total. The predicted molar refractivity (Wildman–Crippen MR) is 76.3 cm³/mol. The van der Waals surface area contributed by atoms with Crippen LogP contribution < -0.4 is 5.32 Å². The van der Waals surface area contributed by atoms with Gasteiger partial charge in [-0.3, -0.25) is 10.1 Å². The van der Waals surface area contributed by atoms with Crippen LogP contribution in [0, 0.1) is 29.8 Å². The lowest BCUT2D eigenvalue weighted by atomic mass is 10.0. The van der Waals surface area contributed by atoms with E-state index in [9.17, 15) is 14.5 Å². The summed E-state index contributed by atoms with van der Waals surface area (Å²) in [7, 11) is 0. The Morgan fingerprint density at radius 2 is 2.00 bits per heavy atom. The number of aryl methyl sites for hydroxylation is 1. The monoisotopic (exact) mass is 274 g/mol. The van der Waals surface area contributed by atoms with Crippen molar-refractivity contribution < 1.29 is 9.31 Å². The summed E-state index contributed by atoms with van der Waals surface area (Å²) in [6.07, 6.45) is 0. The summed E-state index contributed by atoms with van der Waals surface area (Å²) in [4.78, 5) is 10.1. The zero-order valence-electron chi connectivity index (χ0n) is 11.3. The molecule has 104 valence electrons. The maximum absolute atomic E-state index is 13.3. The lowest BCUT2D eigenvalue weighted by Crippen LogP contribution is -2.03. The predicted octanol–water partition coefficient (Wildman–Crippen LogP) is 3.96. The molecular formula is C15H15FN2O2. The van der Waals surface area contributed by atoms with Crippen molar-refractivity contribution >= 4 is 11.4 Å². The van der Waals surface area contributed by atoms with Gasteiger partial charge in [0.1, 0.15) is 5.82 Å². The number of rotatable bonds is 4. The quantitative estimate of drug-likeness (QED) is 0.678. The highest BCUT2D eigenvalue weighted by atomic mass is 19.1. The molecule has 0 spiro atoms. The molecule has 2 aromatic carbocycles. The fraction of sp³-hybridized carbons (Fsp3) is 0.200. The van der Waals surface area contributed by atoms with Gasteiger partial charge in [-0.1, -0.05) is 18.2 Å². The van der Waals surface area contributed by atoms with Crippen LogP contribution in [0.3, 0.4) is 0 Å². The van der Waals surface area contributed by atoms with Crippen molar-refractivity contribution in [2.45, 2.75) is 20.4 Å². The van der Waals surface area contributed by atoms with E-state index in [1.54, 1.807) is 0 Å². The molecule has 0 aliphatic carbocycles. The first-order valence-corrected chi connectivity index (χ1v) is 6.21. The van der Waals surface area contributed by atoms with Crippen molar-refractivity contribution in [3.63, 3.8) is 0 Å². The minimum atomic E-state index is -0.623. The molecule has 0 aliphatic heterocycles. The van der Waals surface area contributed by atoms with E-state index in [-0.39, 0.29) is 5.69 Å². The molecule has 20 heavy (non-hydrogen) atoms. The van der Waals surface area contributed by atoms with Crippen LogP contribution in [0.25, 0.3) is 0 Å². The molecule has 0 unspecified atom stereocenters. The number of halogens is 1. The van der Waals surface area contributed by atoms with Gasteiger partial charge < -0.3 is 5.32 Å². The summed E-state index contributed by atoms with van der Waals surface area (Å²) in [6.45, 7) is 4.53. The third kappa shape index (κ3) is 3.12. The van der Waals surface area contributed by atoms with Crippen LogP contribution in [0.2, 0.25) is 0 Å². The highest BCUT2D eigenvalue weighted by Crippen LogP contribution is 2.21. The number of nitrogens with one attached hydrogen (secondary N) is 1. The van der Waals surface area contributed by atoms with Crippen LogP contribution in [-0.4, -0.2) is 4.92 Å². The standard InChI is InChI=1S/C15H15FN2O2/c1-10-4-3-5-12(11(10)2)9-17-14-6-13(16)7-15(8-14)18(19)20/h3-8,17H,9H2,1-2H3. The second kappa shape index (κ2) is 5.69. The minimum absolute atomic E-state index is 0.256. The number of benzene rings is 2. The molecule has 0 bridgehead atoms. The maximum Gasteiger partial charge on any atom is 0.274 e. The normalized spacial score (nSPS) is 10.3. The van der Waals surface area contributed by atoms with Crippen LogP contribution in [0.4, 0.5) is 15.8 Å². The Balaban J connectivity index is 2.19. The van der Waals surface area contributed by atoms with E-state index in [4.69, 9.17) is 0 Å². The number of anilines is 1. The van der Waals surface area contributed by atoms with Crippen molar-refractivity contribution in [3.05, 3.63) is 69.0 Å². The largest absolute Gasteiger partial charge is 0.381 e. The number of hydrogen-bond donors (Lipinski definition) is 1. The zero-order valence-corrected chi connectivity index (χ0v) is 11.3. The Labute approximate surface area is 116 Å². The van der Waals surface area contributed by atoms with Crippen molar-refractivity contribution in [3.8, 4) is 0 Å². The molecule has 0 atom stereocenters. The first-order valence-electron chi connectivity index (χ1n) is 6.21. The van der Waals surface area contributed by atoms with Gasteiger partial charge in [0.25, 0.3) is 5.69 Å². The van der Waals surface area contributed by atoms with Crippen LogP contribution in [-0.2, 0) is 6.54 Å². The Hall–Kier alpha value is -2.43. The van der Waals surface area contributed by atoms with Crippen molar-refractivity contribution in [2.24, 2.45) is 0 Å². The van der Waals surface area contributed by atoms with Crippen LogP contribution in [0.5, 0.6) is 0 Å². The number of nitrogens with zero attached hydrogens (tertiary/aromatic N) is 1. The zero-order chi connectivity index (χ0) is 14.7. The fourth-order valence-electron chi connectivity index (χ4n) is 1.98. The Morgan fingerprint density at radius 3 is 2.70 bits per heavy atom. The summed E-state index contributed by atoms with van der Waals surface area (Å²) in [5, 5.41) is 13.7. The van der Waals surface area contributed by atoms with Gasteiger partial charge in [-0.2, -0.15) is 0 Å². The number of hydrogen-bond acceptors (Lipinski definition) is 3. The van der Waals surface area contributed by atoms with E-state index in [0.717, 1.165) is 17.2 Å². The Morgan fingerprint density at radius 1 is 1.25 bits per heavy atom. The molecule has 0 amide bonds. The van der Waals surface area contributed by atoms with Gasteiger partial charge in [-0.25, -0.2) is 4.39 Å². The smallest absolute Gasteiger partial charge is 0.274 e. The molecule has 4 nitrogen and oxygen atoms in total. The fourth-order valence-corrected chi connectivity index (χ4v) is 1.98. The lowest BCUT2D eigenvalue weighted by Gasteiger charge is -2.11. The van der Waals surface area contributed by atoms with E-state index in [2.05, 4.69) is 5.32 Å². The molecule has 0 saturated carbocycles. The summed E-state index contributed by atoms with van der Waals surface area (Å²) >= 11 is 0. The molecule has 0 aliphatic rings. The number of non-ortho nitro benzene ring substituents is 1. The molecular weight excluding hydrogens is 259 g/mol. The van der Waals surface area contributed by atoms with E-state index < -0.39 is 10.7 Å². The Kier molecular flexibility index (Phi) is 3.98. The molecule has 0 fully saturated rings. The maximum atomic E-state index is 13.3. The summed E-state index contributed by atoms with van der Waals surface area (Å²) < 4.78 is 13.3. The average Bonchev–Trinajstić information content (AvgIpc) is 2.40. The molecule has 0 saturated heterocycles. The number of nitro benzene ring substituents is 1. The van der Waals surface area contributed by atoms with Gasteiger partial charge in [0, 0.05) is 18.3 Å². The van der Waals surface area contributed by atoms with Gasteiger partial charge in [0.15, 0.2) is 0 Å². The molecule has 0 radical (unpaired) electrons. The van der Waals surface area contributed by atoms with E-state index in [1.807, 2.05) is 32.0 Å². The van der Waals surface area contributed by atoms with Crippen molar-refractivity contribution in [1.82, 2.24) is 0 Å². The van der Waals surface area contributed by atoms with Gasteiger partial charge in [-0.05, 0) is 36.6 Å². The number of nitro groups is 1. The highest BCUT2D eigenvalue weighted by molar-refractivity contribution is 5.52. The molecule has 2 aromatic rings. The third-order valence-electron chi connectivity index (χ3n) is 3.29. The van der Waals surface area contributed by atoms with Crippen molar-refractivity contribution in [1.29, 1.82) is 0 Å². The van der Waals surface area contributed by atoms with Crippen LogP contribution >= 0.6 is 0 Å². The van der Waals surface area contributed by atoms with Crippen LogP contribution in [0.1, 0.15) is 16.7 Å². The summed E-state index contributed by atoms with van der Waals surface area (Å²) in [5.74, 6) is -0.623. The Bertz CT molecular complexity index is 656. The van der Waals surface area contributed by atoms with E-state index >= 15 is 0 Å². The second-order valence-electron chi connectivity index (χ2n) is 4.67. The lowest BCUT2D eigenvalue weighted by molar-refractivity contribution is -0.385.